The summed E-state index contributed by atoms with van der Waals surface area (Å²) in [6.45, 7) is 3.55. The summed E-state index contributed by atoms with van der Waals surface area (Å²) < 4.78 is 11.1. The van der Waals surface area contributed by atoms with Gasteiger partial charge in [0, 0.05) is 10.4 Å². The van der Waals surface area contributed by atoms with E-state index in [2.05, 4.69) is 24.4 Å². The van der Waals surface area contributed by atoms with Crippen LogP contribution in [-0.4, -0.2) is 43.3 Å². The Morgan fingerprint density at radius 3 is 2.71 bits per heavy atom. The van der Waals surface area contributed by atoms with Crippen LogP contribution in [0, 0.1) is 0 Å². The molecule has 2 rings (SSSR count). The minimum absolute atomic E-state index is 0.132. The number of ether oxygens (including phenoxy) is 2. The zero-order valence-corrected chi connectivity index (χ0v) is 13.7. The molecule has 0 saturated carbocycles. The van der Waals surface area contributed by atoms with Crippen molar-refractivity contribution < 1.29 is 14.6 Å². The van der Waals surface area contributed by atoms with Crippen LogP contribution in [0.15, 0.2) is 23.1 Å². The van der Waals surface area contributed by atoms with Gasteiger partial charge in [0.05, 0.1) is 6.61 Å². The van der Waals surface area contributed by atoms with E-state index in [1.165, 1.54) is 4.90 Å². The van der Waals surface area contributed by atoms with Crippen LogP contribution >= 0.6 is 11.8 Å². The van der Waals surface area contributed by atoms with E-state index < -0.39 is 0 Å². The first-order valence-electron chi connectivity index (χ1n) is 7.55. The maximum atomic E-state index is 9.53. The van der Waals surface area contributed by atoms with Crippen LogP contribution in [0.1, 0.15) is 26.2 Å². The first-order chi connectivity index (χ1) is 10.2. The Balaban J connectivity index is 1.81. The van der Waals surface area contributed by atoms with Crippen molar-refractivity contribution in [3.8, 4) is 11.5 Å². The molecule has 4 nitrogen and oxygen atoms in total. The molecule has 0 amide bonds. The molecule has 1 unspecified atom stereocenters. The third-order valence-electron chi connectivity index (χ3n) is 4.09. The SMILES string of the molecule is CCC(CO)(CCCSc1ccc2c(c1)OCCO2)NC. The molecule has 1 heterocycles. The summed E-state index contributed by atoms with van der Waals surface area (Å²) >= 11 is 1.82. The summed E-state index contributed by atoms with van der Waals surface area (Å²) in [6, 6.07) is 6.11. The fourth-order valence-corrected chi connectivity index (χ4v) is 3.34. The van der Waals surface area contributed by atoms with Crippen LogP contribution in [-0.2, 0) is 0 Å². The molecule has 0 fully saturated rings. The van der Waals surface area contributed by atoms with E-state index in [-0.39, 0.29) is 12.1 Å². The van der Waals surface area contributed by atoms with Crippen molar-refractivity contribution in [1.82, 2.24) is 5.32 Å². The molecule has 0 aliphatic carbocycles. The van der Waals surface area contributed by atoms with Crippen molar-refractivity contribution in [3.05, 3.63) is 18.2 Å². The zero-order chi connectivity index (χ0) is 15.1. The molecular formula is C16H25NO3S. The van der Waals surface area contributed by atoms with E-state index in [4.69, 9.17) is 9.47 Å². The predicted octanol–water partition coefficient (Wildman–Crippen LogP) is 2.69. The van der Waals surface area contributed by atoms with Gasteiger partial charge in [-0.15, -0.1) is 11.8 Å². The number of hydrogen-bond donors (Lipinski definition) is 2. The highest BCUT2D eigenvalue weighted by atomic mass is 32.2. The van der Waals surface area contributed by atoms with Crippen LogP contribution in [0.5, 0.6) is 11.5 Å². The second-order valence-corrected chi connectivity index (χ2v) is 6.47. The number of nitrogens with one attached hydrogen (secondary N) is 1. The molecule has 1 aromatic carbocycles. The fraction of sp³-hybridized carbons (Fsp3) is 0.625. The molecular weight excluding hydrogens is 286 g/mol. The molecule has 0 bridgehead atoms. The van der Waals surface area contributed by atoms with Crippen molar-refractivity contribution in [2.45, 2.75) is 36.6 Å². The van der Waals surface area contributed by atoms with Crippen LogP contribution in [0.25, 0.3) is 0 Å². The van der Waals surface area contributed by atoms with Crippen molar-refractivity contribution in [2.75, 3.05) is 32.6 Å². The van der Waals surface area contributed by atoms with Crippen LogP contribution in [0.3, 0.4) is 0 Å². The van der Waals surface area contributed by atoms with E-state index in [9.17, 15) is 5.11 Å². The largest absolute Gasteiger partial charge is 0.486 e. The Bertz CT molecular complexity index is 441. The Morgan fingerprint density at radius 2 is 2.05 bits per heavy atom. The van der Waals surface area contributed by atoms with Crippen molar-refractivity contribution >= 4 is 11.8 Å². The van der Waals surface area contributed by atoms with Gasteiger partial charge in [0.2, 0.25) is 0 Å². The van der Waals surface area contributed by atoms with Gasteiger partial charge in [-0.3, -0.25) is 0 Å². The molecule has 0 spiro atoms. The lowest BCUT2D eigenvalue weighted by Gasteiger charge is -2.30. The number of hydrogen-bond acceptors (Lipinski definition) is 5. The van der Waals surface area contributed by atoms with Gasteiger partial charge < -0.3 is 19.9 Å². The average molecular weight is 311 g/mol. The van der Waals surface area contributed by atoms with Gasteiger partial charge in [0.25, 0.3) is 0 Å². The summed E-state index contributed by atoms with van der Waals surface area (Å²) in [7, 11) is 1.92. The lowest BCUT2D eigenvalue weighted by molar-refractivity contribution is 0.154. The maximum Gasteiger partial charge on any atom is 0.162 e. The van der Waals surface area contributed by atoms with E-state index in [1.807, 2.05) is 24.9 Å². The summed E-state index contributed by atoms with van der Waals surface area (Å²) in [5, 5.41) is 12.8. The Kier molecular flexibility index (Phi) is 6.21. The fourth-order valence-electron chi connectivity index (χ4n) is 2.46. The summed E-state index contributed by atoms with van der Waals surface area (Å²) in [6.07, 6.45) is 2.98. The normalized spacial score (nSPS) is 16.5. The highest BCUT2D eigenvalue weighted by Gasteiger charge is 2.24. The monoisotopic (exact) mass is 311 g/mol. The van der Waals surface area contributed by atoms with Crippen molar-refractivity contribution in [1.29, 1.82) is 0 Å². The maximum absolute atomic E-state index is 9.53. The highest BCUT2D eigenvalue weighted by Crippen LogP contribution is 2.34. The van der Waals surface area contributed by atoms with Gasteiger partial charge in [0.15, 0.2) is 11.5 Å². The Labute approximate surface area is 131 Å². The lowest BCUT2D eigenvalue weighted by atomic mass is 9.92. The van der Waals surface area contributed by atoms with Crippen LogP contribution in [0.4, 0.5) is 0 Å². The molecule has 1 atom stereocenters. The van der Waals surface area contributed by atoms with Gasteiger partial charge in [-0.25, -0.2) is 0 Å². The van der Waals surface area contributed by atoms with Gasteiger partial charge in [0.1, 0.15) is 13.2 Å². The third kappa shape index (κ3) is 4.28. The number of aliphatic hydroxyl groups excluding tert-OH is 1. The molecule has 2 N–H and O–H groups in total. The molecule has 1 aliphatic heterocycles. The van der Waals surface area contributed by atoms with Gasteiger partial charge in [-0.2, -0.15) is 0 Å². The lowest BCUT2D eigenvalue weighted by Crippen LogP contribution is -2.45. The molecule has 21 heavy (non-hydrogen) atoms. The van der Waals surface area contributed by atoms with E-state index in [1.54, 1.807) is 0 Å². The number of likely N-dealkylation sites (N-methyl/N-ethyl adjacent to an activating group) is 1. The third-order valence-corrected chi connectivity index (χ3v) is 5.17. The van der Waals surface area contributed by atoms with Crippen LogP contribution < -0.4 is 14.8 Å². The van der Waals surface area contributed by atoms with E-state index >= 15 is 0 Å². The molecule has 1 aromatic rings. The average Bonchev–Trinajstić information content (AvgIpc) is 2.55. The highest BCUT2D eigenvalue weighted by molar-refractivity contribution is 7.99. The number of thioether (sulfide) groups is 1. The quantitative estimate of drug-likeness (QED) is 0.571. The van der Waals surface area contributed by atoms with E-state index in [0.717, 1.165) is 36.5 Å². The van der Waals surface area contributed by atoms with Crippen molar-refractivity contribution in [2.24, 2.45) is 0 Å². The second-order valence-electron chi connectivity index (χ2n) is 5.30. The predicted molar refractivity (Wildman–Crippen MR) is 86.6 cm³/mol. The standard InChI is InChI=1S/C16H25NO3S/c1-3-16(12-18,17-2)7-4-10-21-13-5-6-14-15(11-13)20-9-8-19-14/h5-6,11,17-18H,3-4,7-10,12H2,1-2H3. The summed E-state index contributed by atoms with van der Waals surface area (Å²) in [5.74, 6) is 2.72. The zero-order valence-electron chi connectivity index (χ0n) is 12.9. The number of rotatable bonds is 8. The van der Waals surface area contributed by atoms with E-state index in [0.29, 0.717) is 13.2 Å². The summed E-state index contributed by atoms with van der Waals surface area (Å²) in [4.78, 5) is 1.20. The van der Waals surface area contributed by atoms with Crippen LogP contribution in [0.2, 0.25) is 0 Å². The molecule has 0 saturated heterocycles. The molecule has 0 aromatic heterocycles. The Morgan fingerprint density at radius 1 is 1.29 bits per heavy atom. The van der Waals surface area contributed by atoms with Gasteiger partial charge in [-0.1, -0.05) is 6.92 Å². The number of benzene rings is 1. The minimum Gasteiger partial charge on any atom is -0.486 e. The number of aliphatic hydroxyl groups is 1. The summed E-state index contributed by atoms with van der Waals surface area (Å²) in [5.41, 5.74) is -0.132. The first kappa shape index (κ1) is 16.5. The second kappa shape index (κ2) is 7.92. The molecule has 118 valence electrons. The minimum atomic E-state index is -0.132. The van der Waals surface area contributed by atoms with Crippen molar-refractivity contribution in [3.63, 3.8) is 0 Å². The molecule has 0 radical (unpaired) electrons. The smallest absolute Gasteiger partial charge is 0.162 e. The first-order valence-corrected chi connectivity index (χ1v) is 8.54. The number of fused-ring (bicyclic) bond motifs is 1. The molecule has 1 aliphatic rings. The van der Waals surface area contributed by atoms with Gasteiger partial charge >= 0.3 is 0 Å². The topological polar surface area (TPSA) is 50.7 Å². The molecule has 5 heteroatoms. The van der Waals surface area contributed by atoms with Gasteiger partial charge in [-0.05, 0) is 50.3 Å². The Hall–Kier alpha value is -0.910.